The first-order valence-electron chi connectivity index (χ1n) is 3.96. The minimum atomic E-state index is -0.134. The Bertz CT molecular complexity index is 393. The highest BCUT2D eigenvalue weighted by atomic mass is 16.3. The van der Waals surface area contributed by atoms with Gasteiger partial charge in [-0.1, -0.05) is 48.0 Å². The minimum absolute atomic E-state index is 0.134. The van der Waals surface area contributed by atoms with Crippen molar-refractivity contribution in [1.82, 2.24) is 0 Å². The zero-order chi connectivity index (χ0) is 8.39. The highest BCUT2D eigenvalue weighted by Crippen LogP contribution is 2.14. The van der Waals surface area contributed by atoms with Crippen molar-refractivity contribution in [3.8, 4) is 0 Å². The molecule has 60 valence electrons. The van der Waals surface area contributed by atoms with E-state index in [-0.39, 0.29) is 6.61 Å². The average molecular weight is 157 g/mol. The Balaban J connectivity index is 2.67. The van der Waals surface area contributed by atoms with Crippen LogP contribution in [-0.2, 0) is 6.61 Å². The Hall–Kier alpha value is -1.34. The summed E-state index contributed by atoms with van der Waals surface area (Å²) in [5, 5.41) is 12.9. The quantitative estimate of drug-likeness (QED) is 0.617. The molecule has 0 aliphatic heterocycles. The van der Waals surface area contributed by atoms with Gasteiger partial charge in [-0.05, 0) is 10.8 Å². The number of benzene rings is 2. The van der Waals surface area contributed by atoms with Crippen LogP contribution in [0.2, 0.25) is 0 Å². The lowest BCUT2D eigenvalue weighted by Gasteiger charge is -2.05. The fourth-order valence-corrected chi connectivity index (χ4v) is 1.33. The van der Waals surface area contributed by atoms with Crippen molar-refractivity contribution in [2.45, 2.75) is 6.61 Å². The van der Waals surface area contributed by atoms with Crippen molar-refractivity contribution < 1.29 is 5.11 Å². The molecule has 0 heterocycles. The second-order valence-corrected chi connectivity index (χ2v) is 2.83. The summed E-state index contributed by atoms with van der Waals surface area (Å²) in [5.74, 6) is 0. The Morgan fingerprint density at radius 1 is 0.917 bits per heavy atom. The maximum Gasteiger partial charge on any atom is -0.0182 e. The van der Waals surface area contributed by atoms with Gasteiger partial charge >= 0.3 is 0 Å². The van der Waals surface area contributed by atoms with Crippen LogP contribution in [0, 0.1) is 0 Å². The molecule has 2 aromatic carbocycles. The van der Waals surface area contributed by atoms with Crippen LogP contribution in [-0.4, -0.2) is 0 Å². The van der Waals surface area contributed by atoms with Gasteiger partial charge in [-0.2, -0.15) is 0 Å². The third-order valence-corrected chi connectivity index (χ3v) is 1.98. The third-order valence-electron chi connectivity index (χ3n) is 1.98. The van der Waals surface area contributed by atoms with Crippen molar-refractivity contribution in [3.63, 3.8) is 0 Å². The molecule has 12 heavy (non-hydrogen) atoms. The van der Waals surface area contributed by atoms with Gasteiger partial charge in [-0.25, -0.2) is 0 Å². The smallest absolute Gasteiger partial charge is 0.0182 e. The van der Waals surface area contributed by atoms with E-state index in [0.29, 0.717) is 0 Å². The summed E-state index contributed by atoms with van der Waals surface area (Å²) in [5.41, 5.74) is 0.855. The molecule has 0 radical (unpaired) electrons. The highest BCUT2D eigenvalue weighted by molar-refractivity contribution is 5.82. The number of fused-ring (bicyclic) bond motifs is 1. The Morgan fingerprint density at radius 2 is 1.67 bits per heavy atom. The van der Waals surface area contributed by atoms with Crippen LogP contribution in [0.3, 0.4) is 0 Å². The normalized spacial score (nSPS) is 10.4. The van der Waals surface area contributed by atoms with E-state index in [1.54, 1.807) is 0 Å². The lowest BCUT2D eigenvalue weighted by molar-refractivity contribution is -0.386. The Kier molecular flexibility index (Phi) is 1.80. The summed E-state index contributed by atoms with van der Waals surface area (Å²) in [6.45, 7) is -0.134. The zero-order valence-electron chi connectivity index (χ0n) is 6.66. The van der Waals surface area contributed by atoms with Gasteiger partial charge in [0.25, 0.3) is 0 Å². The van der Waals surface area contributed by atoms with Crippen molar-refractivity contribution in [3.05, 3.63) is 48.0 Å². The van der Waals surface area contributed by atoms with Gasteiger partial charge in [0.2, 0.25) is 0 Å². The van der Waals surface area contributed by atoms with Crippen LogP contribution < -0.4 is 5.11 Å². The standard InChI is InChI=1S/C11H9O/c12-8-9-5-6-10-3-1-2-4-11(10)7-9/h1-7H,8H2/q-1. The van der Waals surface area contributed by atoms with E-state index in [0.717, 1.165) is 10.9 Å². The van der Waals surface area contributed by atoms with Gasteiger partial charge in [0, 0.05) is 0 Å². The lowest BCUT2D eigenvalue weighted by Crippen LogP contribution is -2.01. The molecular weight excluding hydrogens is 148 g/mol. The first-order chi connectivity index (χ1) is 5.90. The molecule has 0 saturated heterocycles. The largest absolute Gasteiger partial charge is 0.851 e. The topological polar surface area (TPSA) is 23.1 Å². The maximum absolute atomic E-state index is 10.6. The molecule has 0 amide bonds. The molecule has 0 N–H and O–H groups in total. The number of rotatable bonds is 1. The lowest BCUT2D eigenvalue weighted by atomic mass is 10.1. The third kappa shape index (κ3) is 1.19. The highest BCUT2D eigenvalue weighted by Gasteiger charge is 1.90. The second-order valence-electron chi connectivity index (χ2n) is 2.83. The van der Waals surface area contributed by atoms with Gasteiger partial charge in [0.05, 0.1) is 0 Å². The van der Waals surface area contributed by atoms with Crippen LogP contribution in [0.1, 0.15) is 5.56 Å². The average Bonchev–Trinajstić information content (AvgIpc) is 2.17. The molecule has 0 aromatic heterocycles. The van der Waals surface area contributed by atoms with Crippen LogP contribution in [0.4, 0.5) is 0 Å². The summed E-state index contributed by atoms with van der Waals surface area (Å²) >= 11 is 0. The van der Waals surface area contributed by atoms with E-state index in [1.165, 1.54) is 5.39 Å². The first kappa shape index (κ1) is 7.32. The molecule has 2 aromatic rings. The van der Waals surface area contributed by atoms with Crippen molar-refractivity contribution in [2.75, 3.05) is 0 Å². The molecule has 0 unspecified atom stereocenters. The monoisotopic (exact) mass is 157 g/mol. The van der Waals surface area contributed by atoms with E-state index in [9.17, 15) is 5.11 Å². The van der Waals surface area contributed by atoms with E-state index in [1.807, 2.05) is 42.5 Å². The minimum Gasteiger partial charge on any atom is -0.851 e. The summed E-state index contributed by atoms with van der Waals surface area (Å²) in [6.07, 6.45) is 0. The number of hydrogen-bond donors (Lipinski definition) is 0. The molecule has 0 saturated carbocycles. The van der Waals surface area contributed by atoms with E-state index >= 15 is 0 Å². The van der Waals surface area contributed by atoms with Crippen LogP contribution >= 0.6 is 0 Å². The fraction of sp³-hybridized carbons (Fsp3) is 0.0909. The fourth-order valence-electron chi connectivity index (χ4n) is 1.33. The van der Waals surface area contributed by atoms with E-state index in [2.05, 4.69) is 0 Å². The molecule has 1 heteroatoms. The van der Waals surface area contributed by atoms with Crippen molar-refractivity contribution in [2.24, 2.45) is 0 Å². The summed E-state index contributed by atoms with van der Waals surface area (Å²) in [6, 6.07) is 13.9. The molecule has 1 nitrogen and oxygen atoms in total. The van der Waals surface area contributed by atoms with Gasteiger partial charge in [-0.15, -0.1) is 6.61 Å². The molecule has 0 aliphatic carbocycles. The van der Waals surface area contributed by atoms with Gasteiger partial charge < -0.3 is 5.11 Å². The SMILES string of the molecule is [O-]Cc1ccc2ccccc2c1. The number of hydrogen-bond acceptors (Lipinski definition) is 1. The summed E-state index contributed by atoms with van der Waals surface area (Å²) in [7, 11) is 0. The van der Waals surface area contributed by atoms with Crippen molar-refractivity contribution in [1.29, 1.82) is 0 Å². The van der Waals surface area contributed by atoms with Crippen molar-refractivity contribution >= 4 is 10.8 Å². The van der Waals surface area contributed by atoms with Crippen LogP contribution in [0.5, 0.6) is 0 Å². The van der Waals surface area contributed by atoms with Gasteiger partial charge in [0.15, 0.2) is 0 Å². The van der Waals surface area contributed by atoms with E-state index < -0.39 is 0 Å². The van der Waals surface area contributed by atoms with E-state index in [4.69, 9.17) is 0 Å². The second kappa shape index (κ2) is 2.95. The van der Waals surface area contributed by atoms with Crippen LogP contribution in [0.15, 0.2) is 42.5 Å². The van der Waals surface area contributed by atoms with Gasteiger partial charge in [-0.3, -0.25) is 0 Å². The predicted octanol–water partition coefficient (Wildman–Crippen LogP) is 1.70. The molecule has 0 fully saturated rings. The summed E-state index contributed by atoms with van der Waals surface area (Å²) < 4.78 is 0. The Morgan fingerprint density at radius 3 is 2.42 bits per heavy atom. The predicted molar refractivity (Wildman–Crippen MR) is 47.7 cm³/mol. The molecule has 0 bridgehead atoms. The maximum atomic E-state index is 10.6. The molecule has 0 spiro atoms. The Labute approximate surface area is 71.3 Å². The molecular formula is C11H9O-. The summed E-state index contributed by atoms with van der Waals surface area (Å²) in [4.78, 5) is 0. The molecule has 2 rings (SSSR count). The zero-order valence-corrected chi connectivity index (χ0v) is 6.66. The molecule has 0 atom stereocenters. The molecule has 0 aliphatic rings. The van der Waals surface area contributed by atoms with Gasteiger partial charge in [0.1, 0.15) is 0 Å². The first-order valence-corrected chi connectivity index (χ1v) is 3.96. The van der Waals surface area contributed by atoms with Crippen LogP contribution in [0.25, 0.3) is 10.8 Å².